The van der Waals surface area contributed by atoms with Gasteiger partial charge in [-0.15, -0.1) is 10.2 Å². The molecule has 2 aromatic heterocycles. The van der Waals surface area contributed by atoms with Crippen molar-refractivity contribution in [3.63, 3.8) is 0 Å². The first-order chi connectivity index (χ1) is 11.8. The van der Waals surface area contributed by atoms with Crippen molar-refractivity contribution in [2.75, 3.05) is 12.3 Å². The molecule has 2 N–H and O–H groups in total. The van der Waals surface area contributed by atoms with Crippen LogP contribution in [0.25, 0.3) is 11.5 Å². The first kappa shape index (κ1) is 16.0. The summed E-state index contributed by atoms with van der Waals surface area (Å²) in [6, 6.07) is 11.5. The quantitative estimate of drug-likeness (QED) is 0.669. The molecule has 0 aliphatic carbocycles. The summed E-state index contributed by atoms with van der Waals surface area (Å²) in [5.74, 6) is 2.17. The SMILES string of the molecule is CCCCOc1ccc(Cc2nnc(-c3cccnc3N)o2)cc1. The number of hydrogen-bond donors (Lipinski definition) is 1. The number of rotatable bonds is 7. The van der Waals surface area contributed by atoms with Gasteiger partial charge in [0.2, 0.25) is 5.89 Å². The molecule has 0 aliphatic rings. The highest BCUT2D eigenvalue weighted by molar-refractivity contribution is 5.66. The minimum absolute atomic E-state index is 0.376. The smallest absolute Gasteiger partial charge is 0.251 e. The number of nitrogens with two attached hydrogens (primary N) is 1. The molecule has 0 spiro atoms. The van der Waals surface area contributed by atoms with Gasteiger partial charge in [0, 0.05) is 6.20 Å². The third-order valence-corrected chi connectivity index (χ3v) is 3.58. The summed E-state index contributed by atoms with van der Waals surface area (Å²) in [4.78, 5) is 4.03. The van der Waals surface area contributed by atoms with Crippen LogP contribution in [0.1, 0.15) is 31.2 Å². The Morgan fingerprint density at radius 1 is 1.12 bits per heavy atom. The lowest BCUT2D eigenvalue weighted by molar-refractivity contribution is 0.309. The largest absolute Gasteiger partial charge is 0.494 e. The predicted octanol–water partition coefficient (Wildman–Crippen LogP) is 3.48. The summed E-state index contributed by atoms with van der Waals surface area (Å²) in [6.45, 7) is 2.89. The molecule has 1 aromatic carbocycles. The molecule has 0 radical (unpaired) electrons. The number of pyridine rings is 1. The molecule has 0 atom stereocenters. The zero-order valence-corrected chi connectivity index (χ0v) is 13.6. The number of unbranched alkanes of at least 4 members (excludes halogenated alkanes) is 1. The Balaban J connectivity index is 1.65. The van der Waals surface area contributed by atoms with Crippen molar-refractivity contribution in [1.82, 2.24) is 15.2 Å². The number of anilines is 1. The fourth-order valence-corrected chi connectivity index (χ4v) is 2.24. The van der Waals surface area contributed by atoms with E-state index in [1.807, 2.05) is 30.3 Å². The highest BCUT2D eigenvalue weighted by Gasteiger charge is 2.12. The normalized spacial score (nSPS) is 10.7. The first-order valence-corrected chi connectivity index (χ1v) is 8.01. The van der Waals surface area contributed by atoms with Crippen LogP contribution in [0.15, 0.2) is 47.0 Å². The Bertz CT molecular complexity index is 784. The fraction of sp³-hybridized carbons (Fsp3) is 0.278. The van der Waals surface area contributed by atoms with Crippen LogP contribution in [0.5, 0.6) is 5.75 Å². The Hall–Kier alpha value is -2.89. The summed E-state index contributed by atoms with van der Waals surface area (Å²) < 4.78 is 11.3. The lowest BCUT2D eigenvalue weighted by atomic mass is 10.1. The topological polar surface area (TPSA) is 87.1 Å². The van der Waals surface area contributed by atoms with Gasteiger partial charge in [-0.25, -0.2) is 4.98 Å². The zero-order valence-electron chi connectivity index (χ0n) is 13.6. The second-order valence-electron chi connectivity index (χ2n) is 5.46. The van der Waals surface area contributed by atoms with Crippen LogP contribution in [0, 0.1) is 0 Å². The van der Waals surface area contributed by atoms with Gasteiger partial charge in [0.25, 0.3) is 5.89 Å². The van der Waals surface area contributed by atoms with Crippen LogP contribution in [0.2, 0.25) is 0 Å². The second-order valence-corrected chi connectivity index (χ2v) is 5.46. The average molecular weight is 324 g/mol. The lowest BCUT2D eigenvalue weighted by Crippen LogP contribution is -1.96. The summed E-state index contributed by atoms with van der Waals surface area (Å²) in [6.07, 6.45) is 4.37. The van der Waals surface area contributed by atoms with E-state index in [4.69, 9.17) is 14.9 Å². The van der Waals surface area contributed by atoms with Gasteiger partial charge >= 0.3 is 0 Å². The van der Waals surface area contributed by atoms with Crippen molar-refractivity contribution in [3.8, 4) is 17.2 Å². The third kappa shape index (κ3) is 3.90. The van der Waals surface area contributed by atoms with Gasteiger partial charge in [-0.1, -0.05) is 25.5 Å². The van der Waals surface area contributed by atoms with Gasteiger partial charge < -0.3 is 14.9 Å². The van der Waals surface area contributed by atoms with E-state index < -0.39 is 0 Å². The van der Waals surface area contributed by atoms with Crippen molar-refractivity contribution < 1.29 is 9.15 Å². The standard InChI is InChI=1S/C18H20N4O2/c1-2-3-11-23-14-8-6-13(7-9-14)12-16-21-22-18(24-16)15-5-4-10-20-17(15)19/h4-10H,2-3,11-12H2,1H3,(H2,19,20). The van der Waals surface area contributed by atoms with Crippen LogP contribution >= 0.6 is 0 Å². The predicted molar refractivity (Wildman–Crippen MR) is 91.6 cm³/mol. The molecule has 0 saturated heterocycles. The molecule has 3 rings (SSSR count). The number of benzene rings is 1. The summed E-state index contributed by atoms with van der Waals surface area (Å²) in [5, 5.41) is 8.13. The maximum atomic E-state index is 5.83. The van der Waals surface area contributed by atoms with Gasteiger partial charge in [0.15, 0.2) is 0 Å². The number of ether oxygens (including phenoxy) is 1. The van der Waals surface area contributed by atoms with Crippen molar-refractivity contribution in [3.05, 3.63) is 54.0 Å². The summed E-state index contributed by atoms with van der Waals surface area (Å²) in [5.41, 5.74) is 7.55. The molecular weight excluding hydrogens is 304 g/mol. The molecule has 0 unspecified atom stereocenters. The van der Waals surface area contributed by atoms with E-state index in [-0.39, 0.29) is 0 Å². The number of nitrogen functional groups attached to an aromatic ring is 1. The van der Waals surface area contributed by atoms with E-state index in [1.54, 1.807) is 12.3 Å². The Morgan fingerprint density at radius 3 is 2.71 bits per heavy atom. The maximum absolute atomic E-state index is 5.83. The van der Waals surface area contributed by atoms with E-state index in [9.17, 15) is 0 Å². The first-order valence-electron chi connectivity index (χ1n) is 8.01. The summed E-state index contributed by atoms with van der Waals surface area (Å²) >= 11 is 0. The number of hydrogen-bond acceptors (Lipinski definition) is 6. The Labute approximate surface area is 140 Å². The van der Waals surface area contributed by atoms with E-state index in [2.05, 4.69) is 22.1 Å². The maximum Gasteiger partial charge on any atom is 0.251 e. The van der Waals surface area contributed by atoms with Crippen molar-refractivity contribution in [1.29, 1.82) is 0 Å². The zero-order chi connectivity index (χ0) is 16.8. The number of nitrogens with zero attached hydrogens (tertiary/aromatic N) is 3. The Kier molecular flexibility index (Phi) is 5.05. The van der Waals surface area contributed by atoms with Gasteiger partial charge in [0.1, 0.15) is 11.6 Å². The molecule has 2 heterocycles. The molecule has 0 aliphatic heterocycles. The third-order valence-electron chi connectivity index (χ3n) is 3.58. The van der Waals surface area contributed by atoms with Crippen molar-refractivity contribution >= 4 is 5.82 Å². The molecule has 6 heteroatoms. The minimum atomic E-state index is 0.376. The second kappa shape index (κ2) is 7.59. The fourth-order valence-electron chi connectivity index (χ4n) is 2.24. The average Bonchev–Trinajstić information content (AvgIpc) is 3.05. The van der Waals surface area contributed by atoms with Gasteiger partial charge in [0.05, 0.1) is 18.6 Å². The van der Waals surface area contributed by atoms with E-state index in [0.29, 0.717) is 29.6 Å². The molecular formula is C18H20N4O2. The highest BCUT2D eigenvalue weighted by atomic mass is 16.5. The molecule has 6 nitrogen and oxygen atoms in total. The minimum Gasteiger partial charge on any atom is -0.494 e. The van der Waals surface area contributed by atoms with E-state index in [0.717, 1.165) is 30.8 Å². The van der Waals surface area contributed by atoms with Gasteiger partial charge in [-0.2, -0.15) is 0 Å². The highest BCUT2D eigenvalue weighted by Crippen LogP contribution is 2.23. The van der Waals surface area contributed by atoms with Crippen molar-refractivity contribution in [2.45, 2.75) is 26.2 Å². The van der Waals surface area contributed by atoms with Crippen LogP contribution in [0.4, 0.5) is 5.82 Å². The molecule has 3 aromatic rings. The van der Waals surface area contributed by atoms with Crippen LogP contribution in [-0.2, 0) is 6.42 Å². The van der Waals surface area contributed by atoms with E-state index in [1.165, 1.54) is 0 Å². The molecule has 124 valence electrons. The molecule has 0 bridgehead atoms. The van der Waals surface area contributed by atoms with E-state index >= 15 is 0 Å². The van der Waals surface area contributed by atoms with Crippen LogP contribution in [-0.4, -0.2) is 21.8 Å². The number of aromatic nitrogens is 3. The molecule has 0 fully saturated rings. The molecule has 0 saturated carbocycles. The Morgan fingerprint density at radius 2 is 1.96 bits per heavy atom. The summed E-state index contributed by atoms with van der Waals surface area (Å²) in [7, 11) is 0. The monoisotopic (exact) mass is 324 g/mol. The van der Waals surface area contributed by atoms with Crippen LogP contribution < -0.4 is 10.5 Å². The molecule has 24 heavy (non-hydrogen) atoms. The van der Waals surface area contributed by atoms with Crippen LogP contribution in [0.3, 0.4) is 0 Å². The van der Waals surface area contributed by atoms with Gasteiger partial charge in [-0.05, 0) is 36.2 Å². The van der Waals surface area contributed by atoms with Gasteiger partial charge in [-0.3, -0.25) is 0 Å². The van der Waals surface area contributed by atoms with Crippen molar-refractivity contribution in [2.24, 2.45) is 0 Å². The molecule has 0 amide bonds. The lowest BCUT2D eigenvalue weighted by Gasteiger charge is -2.05.